The van der Waals surface area contributed by atoms with Gasteiger partial charge in [-0.2, -0.15) is 4.31 Å². The topological polar surface area (TPSA) is 79.5 Å². The van der Waals surface area contributed by atoms with Crippen molar-refractivity contribution in [2.75, 3.05) is 42.6 Å². The molecule has 7 heteroatoms. The highest BCUT2D eigenvalue weighted by Crippen LogP contribution is 2.23. The zero-order valence-electron chi connectivity index (χ0n) is 12.9. The quantitative estimate of drug-likeness (QED) is 0.906. The first kappa shape index (κ1) is 16.0. The van der Waals surface area contributed by atoms with Crippen molar-refractivity contribution < 1.29 is 8.42 Å². The molecule has 0 saturated carbocycles. The molecule has 1 aliphatic rings. The Balaban J connectivity index is 2.02. The van der Waals surface area contributed by atoms with Gasteiger partial charge in [0.25, 0.3) is 0 Å². The van der Waals surface area contributed by atoms with Gasteiger partial charge >= 0.3 is 0 Å². The van der Waals surface area contributed by atoms with Gasteiger partial charge in [-0.05, 0) is 17.5 Å². The molecule has 1 aromatic rings. The second-order valence-corrected chi connectivity index (χ2v) is 8.59. The van der Waals surface area contributed by atoms with E-state index >= 15 is 0 Å². The third-order valence-electron chi connectivity index (χ3n) is 3.36. The average molecular weight is 312 g/mol. The van der Waals surface area contributed by atoms with Crippen molar-refractivity contribution in [2.24, 2.45) is 5.41 Å². The normalized spacial score (nSPS) is 18.0. The molecule has 0 unspecified atom stereocenters. The van der Waals surface area contributed by atoms with Crippen molar-refractivity contribution in [2.45, 2.75) is 20.8 Å². The lowest BCUT2D eigenvalue weighted by molar-refractivity contribution is 0.368. The van der Waals surface area contributed by atoms with E-state index in [9.17, 15) is 8.42 Å². The Bertz CT molecular complexity index is 587. The first-order valence-electron chi connectivity index (χ1n) is 7.12. The Morgan fingerprint density at radius 1 is 1.24 bits per heavy atom. The number of nitrogen functional groups attached to an aromatic ring is 1. The molecule has 1 fully saturated rings. The highest BCUT2D eigenvalue weighted by molar-refractivity contribution is 7.89. The fraction of sp³-hybridized carbons (Fsp3) is 0.643. The number of aromatic nitrogens is 1. The van der Waals surface area contributed by atoms with Crippen molar-refractivity contribution in [3.63, 3.8) is 0 Å². The van der Waals surface area contributed by atoms with E-state index < -0.39 is 10.0 Å². The standard InChI is InChI=1S/C14H24N4O2S/c1-14(2,3)11-21(19,20)18-9-7-17(8-10-18)13-12(15)5-4-6-16-13/h4-6H,7-11,15H2,1-3H3. The monoisotopic (exact) mass is 312 g/mol. The van der Waals surface area contributed by atoms with Crippen LogP contribution in [0.2, 0.25) is 0 Å². The smallest absolute Gasteiger partial charge is 0.214 e. The van der Waals surface area contributed by atoms with Crippen LogP contribution in [-0.4, -0.2) is 49.6 Å². The van der Waals surface area contributed by atoms with Crippen LogP contribution >= 0.6 is 0 Å². The first-order chi connectivity index (χ1) is 9.69. The zero-order chi connectivity index (χ0) is 15.7. The van der Waals surface area contributed by atoms with Crippen LogP contribution in [0.4, 0.5) is 11.5 Å². The Morgan fingerprint density at radius 3 is 2.38 bits per heavy atom. The third-order valence-corrected chi connectivity index (χ3v) is 5.75. The summed E-state index contributed by atoms with van der Waals surface area (Å²) in [5.74, 6) is 0.913. The van der Waals surface area contributed by atoms with Gasteiger partial charge in [0.2, 0.25) is 10.0 Å². The molecule has 0 aliphatic carbocycles. The van der Waals surface area contributed by atoms with Gasteiger partial charge in [-0.15, -0.1) is 0 Å². The predicted octanol–water partition coefficient (Wildman–Crippen LogP) is 1.16. The molecule has 2 rings (SSSR count). The van der Waals surface area contributed by atoms with Crippen molar-refractivity contribution in [3.05, 3.63) is 18.3 Å². The lowest BCUT2D eigenvalue weighted by Crippen LogP contribution is -2.50. The third kappa shape index (κ3) is 4.07. The summed E-state index contributed by atoms with van der Waals surface area (Å²) in [6.07, 6.45) is 1.70. The highest BCUT2D eigenvalue weighted by Gasteiger charge is 2.31. The molecule has 2 heterocycles. The summed E-state index contributed by atoms with van der Waals surface area (Å²) in [7, 11) is -3.20. The maximum Gasteiger partial charge on any atom is 0.214 e. The van der Waals surface area contributed by atoms with E-state index in [1.807, 2.05) is 31.7 Å². The summed E-state index contributed by atoms with van der Waals surface area (Å²) in [5, 5.41) is 0. The van der Waals surface area contributed by atoms with Crippen LogP contribution in [0.15, 0.2) is 18.3 Å². The maximum absolute atomic E-state index is 12.4. The Labute approximate surface area is 127 Å². The number of anilines is 2. The van der Waals surface area contributed by atoms with E-state index in [-0.39, 0.29) is 11.2 Å². The second kappa shape index (κ2) is 5.81. The van der Waals surface area contributed by atoms with E-state index in [2.05, 4.69) is 4.98 Å². The largest absolute Gasteiger partial charge is 0.396 e. The summed E-state index contributed by atoms with van der Waals surface area (Å²) < 4.78 is 26.3. The van der Waals surface area contributed by atoms with Gasteiger partial charge < -0.3 is 10.6 Å². The van der Waals surface area contributed by atoms with Crippen molar-refractivity contribution in [1.82, 2.24) is 9.29 Å². The minimum absolute atomic E-state index is 0.172. The Hall–Kier alpha value is -1.34. The molecule has 0 radical (unpaired) electrons. The Kier molecular flexibility index (Phi) is 4.43. The molecule has 21 heavy (non-hydrogen) atoms. The molecule has 1 saturated heterocycles. The summed E-state index contributed by atoms with van der Waals surface area (Å²) in [6.45, 7) is 8.01. The van der Waals surface area contributed by atoms with Crippen LogP contribution < -0.4 is 10.6 Å². The second-order valence-electron chi connectivity index (χ2n) is 6.62. The van der Waals surface area contributed by atoms with E-state index in [0.29, 0.717) is 31.9 Å². The highest BCUT2D eigenvalue weighted by atomic mass is 32.2. The molecule has 0 bridgehead atoms. The van der Waals surface area contributed by atoms with Crippen molar-refractivity contribution in [3.8, 4) is 0 Å². The predicted molar refractivity (Wildman–Crippen MR) is 85.7 cm³/mol. The Morgan fingerprint density at radius 2 is 1.86 bits per heavy atom. The van der Waals surface area contributed by atoms with Crippen LogP contribution in [0.1, 0.15) is 20.8 Å². The van der Waals surface area contributed by atoms with Gasteiger partial charge in [0, 0.05) is 32.4 Å². The van der Waals surface area contributed by atoms with Crippen molar-refractivity contribution in [1.29, 1.82) is 0 Å². The van der Waals surface area contributed by atoms with Gasteiger partial charge in [-0.1, -0.05) is 20.8 Å². The van der Waals surface area contributed by atoms with Crippen LogP contribution in [-0.2, 0) is 10.0 Å². The summed E-state index contributed by atoms with van der Waals surface area (Å²) >= 11 is 0. The lowest BCUT2D eigenvalue weighted by atomic mass is 10.0. The number of rotatable bonds is 3. The molecule has 0 aromatic carbocycles. The summed E-state index contributed by atoms with van der Waals surface area (Å²) in [6, 6.07) is 3.61. The van der Waals surface area contributed by atoms with Gasteiger partial charge in [-0.3, -0.25) is 0 Å². The number of piperazine rings is 1. The summed E-state index contributed by atoms with van der Waals surface area (Å²) in [4.78, 5) is 6.32. The van der Waals surface area contributed by atoms with E-state index in [0.717, 1.165) is 5.82 Å². The fourth-order valence-corrected chi connectivity index (χ4v) is 4.49. The number of nitrogens with zero attached hydrogens (tertiary/aromatic N) is 3. The van der Waals surface area contributed by atoms with Gasteiger partial charge in [0.05, 0.1) is 11.4 Å². The van der Waals surface area contributed by atoms with Gasteiger partial charge in [0.15, 0.2) is 5.82 Å². The molecule has 2 N–H and O–H groups in total. The average Bonchev–Trinajstić information content (AvgIpc) is 2.37. The van der Waals surface area contributed by atoms with E-state index in [1.165, 1.54) is 0 Å². The molecule has 0 atom stereocenters. The van der Waals surface area contributed by atoms with Crippen LogP contribution in [0.3, 0.4) is 0 Å². The molecule has 1 aliphatic heterocycles. The van der Waals surface area contributed by atoms with Crippen LogP contribution in [0.25, 0.3) is 0 Å². The van der Waals surface area contributed by atoms with Crippen LogP contribution in [0.5, 0.6) is 0 Å². The molecular weight excluding hydrogens is 288 g/mol. The minimum Gasteiger partial charge on any atom is -0.396 e. The molecule has 0 amide bonds. The zero-order valence-corrected chi connectivity index (χ0v) is 13.7. The van der Waals surface area contributed by atoms with Crippen LogP contribution in [0, 0.1) is 5.41 Å². The van der Waals surface area contributed by atoms with Crippen molar-refractivity contribution >= 4 is 21.5 Å². The number of hydrogen-bond acceptors (Lipinski definition) is 5. The summed E-state index contributed by atoms with van der Waals surface area (Å²) in [5.41, 5.74) is 6.31. The van der Waals surface area contributed by atoms with E-state index in [1.54, 1.807) is 16.6 Å². The molecule has 118 valence electrons. The van der Waals surface area contributed by atoms with Gasteiger partial charge in [-0.25, -0.2) is 13.4 Å². The molecule has 1 aromatic heterocycles. The van der Waals surface area contributed by atoms with E-state index in [4.69, 9.17) is 5.73 Å². The minimum atomic E-state index is -3.20. The molecule has 0 spiro atoms. The number of pyridine rings is 1. The SMILES string of the molecule is CC(C)(C)CS(=O)(=O)N1CCN(c2ncccc2N)CC1. The fourth-order valence-electron chi connectivity index (χ4n) is 2.49. The number of hydrogen-bond donors (Lipinski definition) is 1. The maximum atomic E-state index is 12.4. The number of nitrogens with two attached hydrogens (primary N) is 1. The molecule has 6 nitrogen and oxygen atoms in total. The van der Waals surface area contributed by atoms with Gasteiger partial charge in [0.1, 0.15) is 0 Å². The molecular formula is C14H24N4O2S. The first-order valence-corrected chi connectivity index (χ1v) is 8.73. The lowest BCUT2D eigenvalue weighted by Gasteiger charge is -2.36. The number of sulfonamides is 1.